The molecular weight excluding hydrogens is 190 g/mol. The van der Waals surface area contributed by atoms with Crippen molar-refractivity contribution in [1.29, 1.82) is 0 Å². The molecule has 0 aromatic rings. The third-order valence-electron chi connectivity index (χ3n) is 3.58. The standard InChI is InChI=1S/C12H23NO2/c1-12(2,9-14)13(3)10-7-5-4-6-8-11(10)15/h10,14H,4-9H2,1-3H3. The molecule has 1 unspecified atom stereocenters. The Bertz CT molecular complexity index is 226. The van der Waals surface area contributed by atoms with Gasteiger partial charge >= 0.3 is 0 Å². The van der Waals surface area contributed by atoms with E-state index < -0.39 is 0 Å². The van der Waals surface area contributed by atoms with Crippen molar-refractivity contribution in [2.45, 2.75) is 57.5 Å². The average Bonchev–Trinajstić information content (AvgIpc) is 2.41. The largest absolute Gasteiger partial charge is 0.394 e. The topological polar surface area (TPSA) is 40.5 Å². The molecule has 0 radical (unpaired) electrons. The Morgan fingerprint density at radius 2 is 2.07 bits per heavy atom. The highest BCUT2D eigenvalue weighted by Crippen LogP contribution is 2.23. The minimum atomic E-state index is -0.301. The Balaban J connectivity index is 2.71. The first-order chi connectivity index (χ1) is 6.99. The number of Topliss-reactive ketones (excluding diaryl/α,β-unsaturated/α-hetero) is 1. The number of ketones is 1. The zero-order valence-corrected chi connectivity index (χ0v) is 10.1. The molecule has 1 aliphatic rings. The normalized spacial score (nSPS) is 24.3. The van der Waals surface area contributed by atoms with Crippen LogP contribution < -0.4 is 0 Å². The van der Waals surface area contributed by atoms with E-state index in [2.05, 4.69) is 0 Å². The van der Waals surface area contributed by atoms with Gasteiger partial charge < -0.3 is 5.11 Å². The zero-order chi connectivity index (χ0) is 11.5. The first-order valence-electron chi connectivity index (χ1n) is 5.85. The first-order valence-corrected chi connectivity index (χ1v) is 5.85. The molecule has 1 fully saturated rings. The predicted molar refractivity (Wildman–Crippen MR) is 60.8 cm³/mol. The lowest BCUT2D eigenvalue weighted by atomic mass is 9.98. The number of hydrogen-bond acceptors (Lipinski definition) is 3. The molecule has 0 aliphatic heterocycles. The molecule has 0 amide bonds. The van der Waals surface area contributed by atoms with Crippen LogP contribution in [0.2, 0.25) is 0 Å². The molecule has 1 rings (SSSR count). The highest BCUT2D eigenvalue weighted by Gasteiger charge is 2.33. The number of carbonyl (C=O) groups excluding carboxylic acids is 1. The number of hydrogen-bond donors (Lipinski definition) is 1. The van der Waals surface area contributed by atoms with Crippen LogP contribution in [-0.2, 0) is 4.79 Å². The minimum Gasteiger partial charge on any atom is -0.394 e. The Labute approximate surface area is 92.5 Å². The molecular formula is C12H23NO2. The van der Waals surface area contributed by atoms with Crippen molar-refractivity contribution in [3.8, 4) is 0 Å². The summed E-state index contributed by atoms with van der Waals surface area (Å²) in [6.07, 6.45) is 4.97. The average molecular weight is 213 g/mol. The molecule has 0 aromatic carbocycles. The number of aliphatic hydroxyl groups excluding tert-OH is 1. The van der Waals surface area contributed by atoms with E-state index in [4.69, 9.17) is 0 Å². The van der Waals surface area contributed by atoms with Crippen molar-refractivity contribution in [2.24, 2.45) is 0 Å². The number of aliphatic hydroxyl groups is 1. The van der Waals surface area contributed by atoms with Gasteiger partial charge in [-0.3, -0.25) is 9.69 Å². The van der Waals surface area contributed by atoms with Gasteiger partial charge in [0.15, 0.2) is 0 Å². The van der Waals surface area contributed by atoms with Gasteiger partial charge in [0, 0.05) is 12.0 Å². The molecule has 0 spiro atoms. The van der Waals surface area contributed by atoms with Crippen LogP contribution in [0.25, 0.3) is 0 Å². The maximum absolute atomic E-state index is 11.9. The third-order valence-corrected chi connectivity index (χ3v) is 3.58. The SMILES string of the molecule is CN(C1CCCCCC1=O)C(C)(C)CO. The number of carbonyl (C=O) groups is 1. The number of likely N-dealkylation sites (N-methyl/N-ethyl adjacent to an activating group) is 1. The van der Waals surface area contributed by atoms with Crippen LogP contribution in [0.3, 0.4) is 0 Å². The van der Waals surface area contributed by atoms with Crippen LogP contribution in [0.5, 0.6) is 0 Å². The van der Waals surface area contributed by atoms with Crippen LogP contribution in [0, 0.1) is 0 Å². The smallest absolute Gasteiger partial charge is 0.149 e. The molecule has 1 atom stereocenters. The minimum absolute atomic E-state index is 0.00894. The second-order valence-corrected chi connectivity index (χ2v) is 5.16. The lowest BCUT2D eigenvalue weighted by Gasteiger charge is -2.39. The van der Waals surface area contributed by atoms with Crippen molar-refractivity contribution in [3.63, 3.8) is 0 Å². The van der Waals surface area contributed by atoms with E-state index in [-0.39, 0.29) is 18.2 Å². The van der Waals surface area contributed by atoms with E-state index >= 15 is 0 Å². The van der Waals surface area contributed by atoms with Crippen LogP contribution >= 0.6 is 0 Å². The summed E-state index contributed by atoms with van der Waals surface area (Å²) in [6, 6.07) is 0.00894. The third kappa shape index (κ3) is 3.02. The van der Waals surface area contributed by atoms with Crippen LogP contribution in [-0.4, -0.2) is 41.0 Å². The van der Waals surface area contributed by atoms with Gasteiger partial charge in [-0.25, -0.2) is 0 Å². The second kappa shape index (κ2) is 5.08. The Hall–Kier alpha value is -0.410. The summed E-state index contributed by atoms with van der Waals surface area (Å²) in [5.41, 5.74) is -0.301. The van der Waals surface area contributed by atoms with Crippen molar-refractivity contribution in [2.75, 3.05) is 13.7 Å². The van der Waals surface area contributed by atoms with Gasteiger partial charge in [-0.05, 0) is 33.7 Å². The lowest BCUT2D eigenvalue weighted by Crippen LogP contribution is -2.52. The van der Waals surface area contributed by atoms with Crippen molar-refractivity contribution >= 4 is 5.78 Å². The molecule has 3 nitrogen and oxygen atoms in total. The summed E-state index contributed by atoms with van der Waals surface area (Å²) in [5, 5.41) is 9.30. The van der Waals surface area contributed by atoms with Gasteiger partial charge in [0.25, 0.3) is 0 Å². The number of nitrogens with zero attached hydrogens (tertiary/aromatic N) is 1. The molecule has 88 valence electrons. The van der Waals surface area contributed by atoms with E-state index in [1.54, 1.807) is 0 Å². The van der Waals surface area contributed by atoms with E-state index in [1.165, 1.54) is 0 Å². The highest BCUT2D eigenvalue weighted by atomic mass is 16.3. The zero-order valence-electron chi connectivity index (χ0n) is 10.1. The maximum Gasteiger partial charge on any atom is 0.149 e. The molecule has 1 saturated carbocycles. The lowest BCUT2D eigenvalue weighted by molar-refractivity contribution is -0.126. The van der Waals surface area contributed by atoms with Gasteiger partial charge in [-0.2, -0.15) is 0 Å². The van der Waals surface area contributed by atoms with Gasteiger partial charge in [0.1, 0.15) is 5.78 Å². The fourth-order valence-electron chi connectivity index (χ4n) is 2.08. The summed E-state index contributed by atoms with van der Waals surface area (Å²) < 4.78 is 0. The molecule has 1 aliphatic carbocycles. The molecule has 0 aromatic heterocycles. The fourth-order valence-corrected chi connectivity index (χ4v) is 2.08. The highest BCUT2D eigenvalue weighted by molar-refractivity contribution is 5.84. The van der Waals surface area contributed by atoms with Crippen LogP contribution in [0.15, 0.2) is 0 Å². The van der Waals surface area contributed by atoms with Gasteiger partial charge in [0.2, 0.25) is 0 Å². The van der Waals surface area contributed by atoms with Crippen molar-refractivity contribution in [1.82, 2.24) is 4.90 Å². The van der Waals surface area contributed by atoms with Crippen molar-refractivity contribution in [3.05, 3.63) is 0 Å². The van der Waals surface area contributed by atoms with E-state index in [0.717, 1.165) is 25.7 Å². The maximum atomic E-state index is 11.9. The summed E-state index contributed by atoms with van der Waals surface area (Å²) in [6.45, 7) is 4.05. The Morgan fingerprint density at radius 1 is 1.40 bits per heavy atom. The first kappa shape index (κ1) is 12.7. The number of rotatable bonds is 3. The van der Waals surface area contributed by atoms with E-state index in [1.807, 2.05) is 25.8 Å². The Kier molecular flexibility index (Phi) is 4.29. The van der Waals surface area contributed by atoms with E-state index in [9.17, 15) is 9.90 Å². The summed E-state index contributed by atoms with van der Waals surface area (Å²) in [4.78, 5) is 13.9. The Morgan fingerprint density at radius 3 is 2.67 bits per heavy atom. The second-order valence-electron chi connectivity index (χ2n) is 5.16. The molecule has 0 bridgehead atoms. The molecule has 0 heterocycles. The van der Waals surface area contributed by atoms with Crippen LogP contribution in [0.1, 0.15) is 46.0 Å². The molecule has 3 heteroatoms. The predicted octanol–water partition coefficient (Wildman–Crippen LogP) is 1.59. The van der Waals surface area contributed by atoms with Crippen molar-refractivity contribution < 1.29 is 9.90 Å². The molecule has 0 saturated heterocycles. The van der Waals surface area contributed by atoms with Crippen LogP contribution in [0.4, 0.5) is 0 Å². The quantitative estimate of drug-likeness (QED) is 0.724. The van der Waals surface area contributed by atoms with E-state index in [0.29, 0.717) is 12.2 Å². The molecule has 15 heavy (non-hydrogen) atoms. The monoisotopic (exact) mass is 213 g/mol. The summed E-state index contributed by atoms with van der Waals surface area (Å²) in [5.74, 6) is 0.344. The van der Waals surface area contributed by atoms with Gasteiger partial charge in [0.05, 0.1) is 12.6 Å². The summed E-state index contributed by atoms with van der Waals surface area (Å²) in [7, 11) is 1.95. The molecule has 1 N–H and O–H groups in total. The van der Waals surface area contributed by atoms with Gasteiger partial charge in [-0.1, -0.05) is 12.8 Å². The van der Waals surface area contributed by atoms with Gasteiger partial charge in [-0.15, -0.1) is 0 Å². The fraction of sp³-hybridized carbons (Fsp3) is 0.917. The summed E-state index contributed by atoms with van der Waals surface area (Å²) >= 11 is 0.